The van der Waals surface area contributed by atoms with E-state index in [1.807, 2.05) is 0 Å². The first-order chi connectivity index (χ1) is 9.60. The molecule has 0 aliphatic heterocycles. The Morgan fingerprint density at radius 3 is 2.65 bits per heavy atom. The molecule has 1 aromatic carbocycles. The van der Waals surface area contributed by atoms with Crippen LogP contribution in [0.5, 0.6) is 5.75 Å². The number of rotatable bonds is 4. The van der Waals surface area contributed by atoms with Crippen molar-refractivity contribution in [3.8, 4) is 5.75 Å². The minimum atomic E-state index is -0.270. The Labute approximate surface area is 118 Å². The third kappa shape index (κ3) is 3.40. The van der Waals surface area contributed by atoms with Crippen LogP contribution in [-0.4, -0.2) is 25.0 Å². The molecule has 1 aromatic rings. The van der Waals surface area contributed by atoms with Crippen LogP contribution < -0.4 is 21.1 Å². The number of methoxy groups -OCH3 is 1. The van der Waals surface area contributed by atoms with E-state index in [2.05, 4.69) is 10.6 Å². The second-order valence-electron chi connectivity index (χ2n) is 4.93. The number of nitrogens with one attached hydrogen (secondary N) is 3. The molecule has 6 nitrogen and oxygen atoms in total. The summed E-state index contributed by atoms with van der Waals surface area (Å²) >= 11 is 0. The van der Waals surface area contributed by atoms with E-state index < -0.39 is 0 Å². The standard InChI is InChI=1S/C14H20N4O2/c1-20-10-7-5-9(6-8-10)17-14(19)18-12-4-2-3-11(12)13(15)16/h5-8,11-12H,2-4H2,1H3,(H3,15,16)(H2,17,18,19). The van der Waals surface area contributed by atoms with E-state index in [1.54, 1.807) is 31.4 Å². The van der Waals surface area contributed by atoms with Gasteiger partial charge in [-0.1, -0.05) is 6.42 Å². The number of carbonyl (C=O) groups excluding carboxylic acids is 1. The predicted molar refractivity (Wildman–Crippen MR) is 78.2 cm³/mol. The number of hydrogen-bond acceptors (Lipinski definition) is 3. The van der Waals surface area contributed by atoms with Crippen molar-refractivity contribution in [2.24, 2.45) is 11.7 Å². The number of benzene rings is 1. The number of ether oxygens (including phenoxy) is 1. The molecule has 0 bridgehead atoms. The second kappa shape index (κ2) is 6.27. The minimum absolute atomic E-state index is 0.0448. The molecule has 1 saturated carbocycles. The van der Waals surface area contributed by atoms with Crippen LogP contribution in [0.4, 0.5) is 10.5 Å². The number of hydrogen-bond donors (Lipinski definition) is 4. The third-order valence-electron chi connectivity index (χ3n) is 3.58. The normalized spacial score (nSPS) is 21.2. The van der Waals surface area contributed by atoms with Gasteiger partial charge in [0.25, 0.3) is 0 Å². The molecule has 0 spiro atoms. The van der Waals surface area contributed by atoms with Crippen molar-refractivity contribution in [2.45, 2.75) is 25.3 Å². The van der Waals surface area contributed by atoms with Crippen molar-refractivity contribution in [1.82, 2.24) is 5.32 Å². The highest BCUT2D eigenvalue weighted by molar-refractivity contribution is 5.90. The number of amides is 2. The van der Waals surface area contributed by atoms with Gasteiger partial charge in [-0.3, -0.25) is 5.41 Å². The van der Waals surface area contributed by atoms with Crippen LogP contribution in [0, 0.1) is 11.3 Å². The molecule has 1 aliphatic rings. The highest BCUT2D eigenvalue weighted by atomic mass is 16.5. The highest BCUT2D eigenvalue weighted by Crippen LogP contribution is 2.25. The van der Waals surface area contributed by atoms with Crippen LogP contribution in [0.15, 0.2) is 24.3 Å². The Morgan fingerprint density at radius 2 is 2.05 bits per heavy atom. The van der Waals surface area contributed by atoms with Crippen molar-refractivity contribution in [1.29, 1.82) is 5.41 Å². The third-order valence-corrected chi connectivity index (χ3v) is 3.58. The van der Waals surface area contributed by atoms with Gasteiger partial charge in [0.2, 0.25) is 0 Å². The lowest BCUT2D eigenvalue weighted by atomic mass is 10.0. The van der Waals surface area contributed by atoms with Crippen LogP contribution in [0.3, 0.4) is 0 Å². The number of nitrogens with two attached hydrogens (primary N) is 1. The van der Waals surface area contributed by atoms with Crippen LogP contribution in [0.2, 0.25) is 0 Å². The Kier molecular flexibility index (Phi) is 4.45. The van der Waals surface area contributed by atoms with E-state index in [-0.39, 0.29) is 23.8 Å². The fourth-order valence-corrected chi connectivity index (χ4v) is 2.51. The lowest BCUT2D eigenvalue weighted by Gasteiger charge is -2.20. The van der Waals surface area contributed by atoms with E-state index in [0.29, 0.717) is 5.69 Å². The highest BCUT2D eigenvalue weighted by Gasteiger charge is 2.30. The van der Waals surface area contributed by atoms with Crippen LogP contribution in [0.1, 0.15) is 19.3 Å². The minimum Gasteiger partial charge on any atom is -0.497 e. The van der Waals surface area contributed by atoms with E-state index in [9.17, 15) is 4.79 Å². The van der Waals surface area contributed by atoms with Crippen LogP contribution >= 0.6 is 0 Å². The van der Waals surface area contributed by atoms with Gasteiger partial charge in [-0.25, -0.2) is 4.79 Å². The number of amidine groups is 1. The molecule has 6 heteroatoms. The largest absolute Gasteiger partial charge is 0.497 e. The zero-order valence-electron chi connectivity index (χ0n) is 11.5. The topological polar surface area (TPSA) is 100 Å². The molecule has 0 saturated heterocycles. The first-order valence-corrected chi connectivity index (χ1v) is 6.65. The molecular weight excluding hydrogens is 256 g/mol. The van der Waals surface area contributed by atoms with Crippen LogP contribution in [0.25, 0.3) is 0 Å². The smallest absolute Gasteiger partial charge is 0.319 e. The van der Waals surface area contributed by atoms with Gasteiger partial charge in [0.05, 0.1) is 12.9 Å². The van der Waals surface area contributed by atoms with Crippen molar-refractivity contribution < 1.29 is 9.53 Å². The Bertz CT molecular complexity index is 486. The first-order valence-electron chi connectivity index (χ1n) is 6.65. The lowest BCUT2D eigenvalue weighted by Crippen LogP contribution is -2.43. The van der Waals surface area contributed by atoms with Gasteiger partial charge in [-0.05, 0) is 37.1 Å². The second-order valence-corrected chi connectivity index (χ2v) is 4.93. The molecule has 2 atom stereocenters. The quantitative estimate of drug-likeness (QED) is 0.499. The molecule has 0 aromatic heterocycles. The maximum Gasteiger partial charge on any atom is 0.319 e. The molecule has 2 amide bonds. The molecule has 0 radical (unpaired) electrons. The molecule has 2 rings (SSSR count). The number of urea groups is 1. The predicted octanol–water partition coefficient (Wildman–Crippen LogP) is 1.92. The van der Waals surface area contributed by atoms with Gasteiger partial charge in [0, 0.05) is 17.6 Å². The SMILES string of the molecule is COc1ccc(NC(=O)NC2CCCC2C(=N)N)cc1. The monoisotopic (exact) mass is 276 g/mol. The molecule has 1 aliphatic carbocycles. The first kappa shape index (κ1) is 14.2. The van der Waals surface area contributed by atoms with Crippen molar-refractivity contribution in [3.63, 3.8) is 0 Å². The van der Waals surface area contributed by atoms with Crippen LogP contribution in [-0.2, 0) is 0 Å². The van der Waals surface area contributed by atoms with Gasteiger partial charge in [-0.2, -0.15) is 0 Å². The van der Waals surface area contributed by atoms with Crippen molar-refractivity contribution in [3.05, 3.63) is 24.3 Å². The summed E-state index contributed by atoms with van der Waals surface area (Å²) in [6, 6.07) is 6.79. The maximum atomic E-state index is 11.9. The molecule has 5 N–H and O–H groups in total. The molecule has 108 valence electrons. The summed E-state index contributed by atoms with van der Waals surface area (Å²) in [6.45, 7) is 0. The average Bonchev–Trinajstić information content (AvgIpc) is 2.87. The van der Waals surface area contributed by atoms with E-state index in [0.717, 1.165) is 25.0 Å². The Morgan fingerprint density at radius 1 is 1.35 bits per heavy atom. The Balaban J connectivity index is 1.90. The maximum absolute atomic E-state index is 11.9. The summed E-state index contributed by atoms with van der Waals surface area (Å²) in [6.07, 6.45) is 2.71. The summed E-state index contributed by atoms with van der Waals surface area (Å²) in [4.78, 5) is 11.9. The number of carbonyl (C=O) groups is 1. The van der Waals surface area contributed by atoms with Gasteiger partial charge in [0.1, 0.15) is 5.75 Å². The van der Waals surface area contributed by atoms with Gasteiger partial charge < -0.3 is 21.1 Å². The summed E-state index contributed by atoms with van der Waals surface area (Å²) in [5.41, 5.74) is 6.24. The average molecular weight is 276 g/mol. The van der Waals surface area contributed by atoms with E-state index in [4.69, 9.17) is 15.9 Å². The molecular formula is C14H20N4O2. The summed E-state index contributed by atoms with van der Waals surface area (Å²) in [5.74, 6) is 0.845. The lowest BCUT2D eigenvalue weighted by molar-refractivity contribution is 0.247. The zero-order chi connectivity index (χ0) is 14.5. The molecule has 0 heterocycles. The molecule has 20 heavy (non-hydrogen) atoms. The number of anilines is 1. The zero-order valence-corrected chi connectivity index (χ0v) is 11.5. The van der Waals surface area contributed by atoms with Gasteiger partial charge >= 0.3 is 6.03 Å². The molecule has 2 unspecified atom stereocenters. The van der Waals surface area contributed by atoms with Crippen molar-refractivity contribution in [2.75, 3.05) is 12.4 Å². The summed E-state index contributed by atoms with van der Waals surface area (Å²) in [7, 11) is 1.59. The summed E-state index contributed by atoms with van der Waals surface area (Å²) < 4.78 is 5.06. The molecule has 1 fully saturated rings. The van der Waals surface area contributed by atoms with Crippen molar-refractivity contribution >= 4 is 17.6 Å². The van der Waals surface area contributed by atoms with E-state index in [1.165, 1.54) is 0 Å². The Hall–Kier alpha value is -2.24. The van der Waals surface area contributed by atoms with Gasteiger partial charge in [0.15, 0.2) is 0 Å². The fourth-order valence-electron chi connectivity index (χ4n) is 2.51. The summed E-state index contributed by atoms with van der Waals surface area (Å²) in [5, 5.41) is 13.2. The van der Waals surface area contributed by atoms with Gasteiger partial charge in [-0.15, -0.1) is 0 Å². The fraction of sp³-hybridized carbons (Fsp3) is 0.429. The van der Waals surface area contributed by atoms with E-state index >= 15 is 0 Å².